The van der Waals surface area contributed by atoms with E-state index < -0.39 is 0 Å². The Kier molecular flexibility index (Phi) is 1.37. The van der Waals surface area contributed by atoms with E-state index in [4.69, 9.17) is 4.74 Å². The van der Waals surface area contributed by atoms with Crippen molar-refractivity contribution >= 4 is 5.97 Å². The molecule has 2 nitrogen and oxygen atoms in total. The molecule has 0 aromatic heterocycles. The number of ether oxygens (including phenoxy) is 1. The topological polar surface area (TPSA) is 26.3 Å². The summed E-state index contributed by atoms with van der Waals surface area (Å²) < 4.78 is 5.48. The summed E-state index contributed by atoms with van der Waals surface area (Å²) in [5.74, 6) is 0.858. The van der Waals surface area contributed by atoms with Crippen LogP contribution in [0.3, 0.4) is 0 Å². The Morgan fingerprint density at radius 1 is 1.36 bits per heavy atom. The Hall–Kier alpha value is -1.31. The van der Waals surface area contributed by atoms with Gasteiger partial charge in [-0.1, -0.05) is 37.3 Å². The van der Waals surface area contributed by atoms with Gasteiger partial charge in [-0.15, -0.1) is 0 Å². The second-order valence-corrected chi connectivity index (χ2v) is 4.23. The first-order valence-electron chi connectivity index (χ1n) is 5.02. The molecule has 0 unspecified atom stereocenters. The van der Waals surface area contributed by atoms with Crippen molar-refractivity contribution in [3.8, 4) is 0 Å². The third kappa shape index (κ3) is 0.788. The van der Waals surface area contributed by atoms with Crippen LogP contribution in [0.25, 0.3) is 0 Å². The van der Waals surface area contributed by atoms with Gasteiger partial charge >= 0.3 is 5.97 Å². The molecule has 1 saturated heterocycles. The average Bonchev–Trinajstić information content (AvgIpc) is 2.61. The van der Waals surface area contributed by atoms with Gasteiger partial charge in [0.05, 0.1) is 6.42 Å². The SMILES string of the molecule is C[C@@H]1[C@H]2CC(=O)O[C@@]12c1ccccc1. The van der Waals surface area contributed by atoms with Crippen LogP contribution in [0.15, 0.2) is 30.3 Å². The van der Waals surface area contributed by atoms with Crippen LogP contribution in [-0.4, -0.2) is 5.97 Å². The Morgan fingerprint density at radius 2 is 2.07 bits per heavy atom. The zero-order chi connectivity index (χ0) is 9.76. The van der Waals surface area contributed by atoms with Crippen LogP contribution in [-0.2, 0) is 15.1 Å². The number of hydrogen-bond donors (Lipinski definition) is 0. The Balaban J connectivity index is 2.03. The van der Waals surface area contributed by atoms with Crippen molar-refractivity contribution in [3.63, 3.8) is 0 Å². The molecule has 14 heavy (non-hydrogen) atoms. The summed E-state index contributed by atoms with van der Waals surface area (Å²) in [6.07, 6.45) is 0.593. The molecule has 3 rings (SSSR count). The molecule has 0 spiro atoms. The van der Waals surface area contributed by atoms with Crippen LogP contribution in [0.4, 0.5) is 0 Å². The molecule has 2 fully saturated rings. The number of fused-ring (bicyclic) bond motifs is 1. The van der Waals surface area contributed by atoms with Gasteiger partial charge in [-0.05, 0) is 5.56 Å². The Labute approximate surface area is 82.9 Å². The maximum atomic E-state index is 11.2. The van der Waals surface area contributed by atoms with Gasteiger partial charge in [0.25, 0.3) is 0 Å². The molecule has 1 saturated carbocycles. The van der Waals surface area contributed by atoms with Crippen molar-refractivity contribution < 1.29 is 9.53 Å². The summed E-state index contributed by atoms with van der Waals surface area (Å²) in [7, 11) is 0. The Bertz CT molecular complexity index is 385. The highest BCUT2D eigenvalue weighted by molar-refractivity contribution is 5.76. The van der Waals surface area contributed by atoms with Crippen molar-refractivity contribution in [2.45, 2.75) is 18.9 Å². The summed E-state index contributed by atoms with van der Waals surface area (Å²) >= 11 is 0. The second-order valence-electron chi connectivity index (χ2n) is 4.23. The van der Waals surface area contributed by atoms with E-state index in [1.165, 1.54) is 0 Å². The first kappa shape index (κ1) is 8.04. The lowest BCUT2D eigenvalue weighted by Crippen LogP contribution is -2.14. The van der Waals surface area contributed by atoms with E-state index in [-0.39, 0.29) is 11.6 Å². The van der Waals surface area contributed by atoms with Crippen LogP contribution in [0.1, 0.15) is 18.9 Å². The molecule has 1 aromatic rings. The molecule has 1 aromatic carbocycles. The highest BCUT2D eigenvalue weighted by Crippen LogP contribution is 2.65. The molecular formula is C12H12O2. The van der Waals surface area contributed by atoms with E-state index in [0.29, 0.717) is 18.3 Å². The van der Waals surface area contributed by atoms with E-state index >= 15 is 0 Å². The lowest BCUT2D eigenvalue weighted by Gasteiger charge is -2.14. The highest BCUT2D eigenvalue weighted by atomic mass is 16.6. The van der Waals surface area contributed by atoms with Crippen LogP contribution in [0.2, 0.25) is 0 Å². The van der Waals surface area contributed by atoms with Gasteiger partial charge in [-0.2, -0.15) is 0 Å². The molecule has 1 heterocycles. The zero-order valence-electron chi connectivity index (χ0n) is 8.07. The van der Waals surface area contributed by atoms with Crippen LogP contribution >= 0.6 is 0 Å². The van der Waals surface area contributed by atoms with E-state index in [2.05, 4.69) is 19.1 Å². The molecule has 72 valence electrons. The van der Waals surface area contributed by atoms with Crippen LogP contribution in [0.5, 0.6) is 0 Å². The lowest BCUT2D eigenvalue weighted by atomic mass is 10.1. The van der Waals surface area contributed by atoms with E-state index in [0.717, 1.165) is 5.56 Å². The first-order chi connectivity index (χ1) is 6.75. The molecule has 3 atom stereocenters. The summed E-state index contributed by atoms with van der Waals surface area (Å²) in [6.45, 7) is 2.16. The third-order valence-corrected chi connectivity index (χ3v) is 3.62. The van der Waals surface area contributed by atoms with Crippen molar-refractivity contribution in [1.29, 1.82) is 0 Å². The van der Waals surface area contributed by atoms with Crippen molar-refractivity contribution in [1.82, 2.24) is 0 Å². The van der Waals surface area contributed by atoms with Crippen molar-refractivity contribution in [2.75, 3.05) is 0 Å². The third-order valence-electron chi connectivity index (χ3n) is 3.62. The maximum Gasteiger partial charge on any atom is 0.307 e. The van der Waals surface area contributed by atoms with Crippen LogP contribution < -0.4 is 0 Å². The molecule has 1 aliphatic heterocycles. The maximum absolute atomic E-state index is 11.2. The number of hydrogen-bond acceptors (Lipinski definition) is 2. The normalized spacial score (nSPS) is 39.1. The predicted molar refractivity (Wildman–Crippen MR) is 51.5 cm³/mol. The number of carbonyl (C=O) groups is 1. The van der Waals surface area contributed by atoms with Gasteiger partial charge in [0, 0.05) is 11.8 Å². The number of carbonyl (C=O) groups excluding carboxylic acids is 1. The van der Waals surface area contributed by atoms with E-state index in [9.17, 15) is 4.79 Å². The fourth-order valence-corrected chi connectivity index (χ4v) is 2.76. The molecule has 0 N–H and O–H groups in total. The number of rotatable bonds is 1. The molecule has 0 bridgehead atoms. The summed E-state index contributed by atoms with van der Waals surface area (Å²) in [5.41, 5.74) is 0.890. The lowest BCUT2D eigenvalue weighted by molar-refractivity contribution is -0.147. The largest absolute Gasteiger partial charge is 0.454 e. The summed E-state index contributed by atoms with van der Waals surface area (Å²) in [4.78, 5) is 11.2. The molecule has 1 aliphatic carbocycles. The number of benzene rings is 1. The van der Waals surface area contributed by atoms with Gasteiger partial charge in [-0.3, -0.25) is 4.79 Å². The molecule has 2 heteroatoms. The average molecular weight is 188 g/mol. The summed E-state index contributed by atoms with van der Waals surface area (Å²) in [5, 5.41) is 0. The molecule has 0 amide bonds. The molecule has 2 aliphatic rings. The highest BCUT2D eigenvalue weighted by Gasteiger charge is 2.70. The monoisotopic (exact) mass is 188 g/mol. The van der Waals surface area contributed by atoms with E-state index in [1.807, 2.05) is 18.2 Å². The van der Waals surface area contributed by atoms with Crippen molar-refractivity contribution in [3.05, 3.63) is 35.9 Å². The number of esters is 1. The first-order valence-corrected chi connectivity index (χ1v) is 5.02. The van der Waals surface area contributed by atoms with Gasteiger partial charge in [0.15, 0.2) is 0 Å². The quantitative estimate of drug-likeness (QED) is 0.631. The summed E-state index contributed by atoms with van der Waals surface area (Å²) in [6, 6.07) is 10.1. The minimum Gasteiger partial charge on any atom is -0.454 e. The molecular weight excluding hydrogens is 176 g/mol. The van der Waals surface area contributed by atoms with Gasteiger partial charge in [0.2, 0.25) is 0 Å². The zero-order valence-corrected chi connectivity index (χ0v) is 8.07. The predicted octanol–water partition coefficient (Wildman–Crippen LogP) is 2.09. The van der Waals surface area contributed by atoms with Crippen molar-refractivity contribution in [2.24, 2.45) is 11.8 Å². The minimum absolute atomic E-state index is 0.0445. The Morgan fingerprint density at radius 3 is 2.71 bits per heavy atom. The van der Waals surface area contributed by atoms with Gasteiger partial charge in [-0.25, -0.2) is 0 Å². The fraction of sp³-hybridized carbons (Fsp3) is 0.417. The molecule has 0 radical (unpaired) electrons. The van der Waals surface area contributed by atoms with Gasteiger partial charge < -0.3 is 4.74 Å². The fourth-order valence-electron chi connectivity index (χ4n) is 2.76. The second kappa shape index (κ2) is 2.38. The smallest absolute Gasteiger partial charge is 0.307 e. The standard InChI is InChI=1S/C12H12O2/c1-8-10-7-11(13)14-12(8,10)9-5-3-2-4-6-9/h2-6,8,10H,7H2,1H3/t8-,10-,12-/m1/s1. The van der Waals surface area contributed by atoms with Gasteiger partial charge in [0.1, 0.15) is 5.60 Å². The van der Waals surface area contributed by atoms with E-state index in [1.54, 1.807) is 0 Å². The van der Waals surface area contributed by atoms with Crippen LogP contribution in [0, 0.1) is 11.8 Å². The minimum atomic E-state index is -0.266.